The van der Waals surface area contributed by atoms with E-state index in [1.54, 1.807) is 24.3 Å². The molecule has 1 aromatic heterocycles. The van der Waals surface area contributed by atoms with Gasteiger partial charge in [-0.05, 0) is 60.7 Å². The second kappa shape index (κ2) is 8.60. The van der Waals surface area contributed by atoms with Crippen LogP contribution in [-0.4, -0.2) is 24.3 Å². The molecule has 4 rings (SSSR count). The summed E-state index contributed by atoms with van der Waals surface area (Å²) < 4.78 is 41.7. The van der Waals surface area contributed by atoms with Crippen molar-refractivity contribution in [3.05, 3.63) is 78.6 Å². The summed E-state index contributed by atoms with van der Waals surface area (Å²) in [5.74, 6) is -0.516. The summed E-state index contributed by atoms with van der Waals surface area (Å²) in [5, 5.41) is 5.56. The van der Waals surface area contributed by atoms with Gasteiger partial charge >= 0.3 is 0 Å². The molecule has 0 atom stereocenters. The molecule has 0 bridgehead atoms. The highest BCUT2D eigenvalue weighted by Gasteiger charge is 2.19. The maximum atomic E-state index is 13.3. The van der Waals surface area contributed by atoms with E-state index in [0.29, 0.717) is 22.4 Å². The van der Waals surface area contributed by atoms with E-state index in [-0.39, 0.29) is 22.4 Å². The Kier molecular flexibility index (Phi) is 5.69. The molecule has 0 aliphatic heterocycles. The zero-order valence-corrected chi connectivity index (χ0v) is 17.7. The smallest absolute Gasteiger partial charge is 0.263 e. The Balaban J connectivity index is 1.70. The molecule has 10 heteroatoms. The van der Waals surface area contributed by atoms with Crippen LogP contribution in [0.25, 0.3) is 11.0 Å². The number of halogens is 1. The monoisotopic (exact) mass is 451 g/mol. The molecule has 0 spiro atoms. The predicted octanol–water partition coefficient (Wildman–Crippen LogP) is 4.27. The number of aromatic nitrogens is 2. The number of nitrogens with zero attached hydrogens (tertiary/aromatic N) is 2. The minimum absolute atomic E-state index is 0.0148. The lowest BCUT2D eigenvalue weighted by Gasteiger charge is -2.14. The maximum absolute atomic E-state index is 13.3. The predicted molar refractivity (Wildman–Crippen MR) is 121 cm³/mol. The van der Waals surface area contributed by atoms with E-state index in [1.165, 1.54) is 55.5 Å². The first-order chi connectivity index (χ1) is 15.3. The van der Waals surface area contributed by atoms with Gasteiger partial charge in [-0.2, -0.15) is 0 Å². The minimum atomic E-state index is -4.01. The number of nitrogens with one attached hydrogen (secondary N) is 3. The standard InChI is InChI=1S/C22H18FN5O3S/c1-14(29)24-16-10-12-18(13-11-16)32(30,31)28-22-21(25-17-8-6-15(23)7-9-17)26-19-4-2-3-5-20(19)27-22/h2-13H,1H3,(H,24,29)(H,25,26)(H,27,28). The minimum Gasteiger partial charge on any atom is -0.337 e. The van der Waals surface area contributed by atoms with Gasteiger partial charge in [0.15, 0.2) is 11.6 Å². The largest absolute Gasteiger partial charge is 0.337 e. The van der Waals surface area contributed by atoms with Gasteiger partial charge in [0.05, 0.1) is 15.9 Å². The molecule has 0 aliphatic carbocycles. The van der Waals surface area contributed by atoms with E-state index in [2.05, 4.69) is 25.3 Å². The Hall–Kier alpha value is -4.05. The number of anilines is 4. The van der Waals surface area contributed by atoms with Crippen molar-refractivity contribution >= 4 is 50.0 Å². The van der Waals surface area contributed by atoms with E-state index >= 15 is 0 Å². The summed E-state index contributed by atoms with van der Waals surface area (Å²) in [6.07, 6.45) is 0. The van der Waals surface area contributed by atoms with Crippen LogP contribution in [0.1, 0.15) is 6.92 Å². The normalized spacial score (nSPS) is 11.2. The molecule has 0 saturated heterocycles. The quantitative estimate of drug-likeness (QED) is 0.403. The molecule has 0 unspecified atom stereocenters. The van der Waals surface area contributed by atoms with Gasteiger partial charge in [0.25, 0.3) is 10.0 Å². The number of rotatable bonds is 6. The Bertz CT molecular complexity index is 1390. The van der Waals surface area contributed by atoms with Crippen molar-refractivity contribution in [2.75, 3.05) is 15.4 Å². The number of fused-ring (bicyclic) bond motifs is 1. The lowest BCUT2D eigenvalue weighted by molar-refractivity contribution is -0.114. The fraction of sp³-hybridized carbons (Fsp3) is 0.0455. The summed E-state index contributed by atoms with van der Waals surface area (Å²) in [6, 6.07) is 18.3. The molecule has 3 N–H and O–H groups in total. The number of sulfonamides is 1. The summed E-state index contributed by atoms with van der Waals surface area (Å²) >= 11 is 0. The third kappa shape index (κ3) is 4.81. The molecule has 0 radical (unpaired) electrons. The molecule has 8 nitrogen and oxygen atoms in total. The van der Waals surface area contributed by atoms with Crippen LogP contribution >= 0.6 is 0 Å². The van der Waals surface area contributed by atoms with Crippen LogP contribution in [0.4, 0.5) is 27.4 Å². The van der Waals surface area contributed by atoms with Gasteiger partial charge < -0.3 is 10.6 Å². The summed E-state index contributed by atoms with van der Waals surface area (Å²) in [5.41, 5.74) is 2.03. The first-order valence-corrected chi connectivity index (χ1v) is 11.0. The Morgan fingerprint density at radius 1 is 0.812 bits per heavy atom. The highest BCUT2D eigenvalue weighted by atomic mass is 32.2. The molecule has 162 valence electrons. The summed E-state index contributed by atoms with van der Waals surface area (Å²) in [7, 11) is -4.01. The average Bonchev–Trinajstić information content (AvgIpc) is 2.75. The third-order valence-electron chi connectivity index (χ3n) is 4.39. The van der Waals surface area contributed by atoms with Gasteiger partial charge in [-0.3, -0.25) is 9.52 Å². The summed E-state index contributed by atoms with van der Waals surface area (Å²) in [4.78, 5) is 20.0. The average molecular weight is 451 g/mol. The second-order valence-electron chi connectivity index (χ2n) is 6.85. The molecular weight excluding hydrogens is 433 g/mol. The topological polar surface area (TPSA) is 113 Å². The lowest BCUT2D eigenvalue weighted by Crippen LogP contribution is -2.16. The van der Waals surface area contributed by atoms with E-state index in [4.69, 9.17) is 0 Å². The lowest BCUT2D eigenvalue weighted by atomic mass is 10.3. The molecule has 0 aliphatic rings. The number of hydrogen-bond donors (Lipinski definition) is 3. The van der Waals surface area contributed by atoms with Crippen molar-refractivity contribution in [2.45, 2.75) is 11.8 Å². The fourth-order valence-corrected chi connectivity index (χ4v) is 3.94. The van der Waals surface area contributed by atoms with E-state index < -0.39 is 15.8 Å². The van der Waals surface area contributed by atoms with Crippen LogP contribution in [0.3, 0.4) is 0 Å². The van der Waals surface area contributed by atoms with Crippen molar-refractivity contribution in [2.24, 2.45) is 0 Å². The first kappa shape index (κ1) is 21.2. The van der Waals surface area contributed by atoms with Crippen LogP contribution in [0.5, 0.6) is 0 Å². The van der Waals surface area contributed by atoms with Gasteiger partial charge in [0.2, 0.25) is 5.91 Å². The SMILES string of the molecule is CC(=O)Nc1ccc(S(=O)(=O)Nc2nc3ccccc3nc2Nc2ccc(F)cc2)cc1. The molecule has 3 aromatic carbocycles. The van der Waals surface area contributed by atoms with Gasteiger partial charge in [-0.25, -0.2) is 22.8 Å². The number of carbonyl (C=O) groups is 1. The van der Waals surface area contributed by atoms with Crippen molar-refractivity contribution in [1.29, 1.82) is 0 Å². The summed E-state index contributed by atoms with van der Waals surface area (Å²) in [6.45, 7) is 1.36. The molecular formula is C22H18FN5O3S. The van der Waals surface area contributed by atoms with Gasteiger partial charge in [-0.15, -0.1) is 0 Å². The zero-order valence-electron chi connectivity index (χ0n) is 16.8. The van der Waals surface area contributed by atoms with E-state index in [0.717, 1.165) is 0 Å². The molecule has 1 amide bonds. The van der Waals surface area contributed by atoms with Crippen LogP contribution in [0.2, 0.25) is 0 Å². The number of carbonyl (C=O) groups excluding carboxylic acids is 1. The van der Waals surface area contributed by atoms with Crippen molar-refractivity contribution in [3.63, 3.8) is 0 Å². The Morgan fingerprint density at radius 3 is 1.97 bits per heavy atom. The molecule has 0 fully saturated rings. The van der Waals surface area contributed by atoms with Crippen LogP contribution in [0.15, 0.2) is 77.7 Å². The molecule has 32 heavy (non-hydrogen) atoms. The van der Waals surface area contributed by atoms with Crippen molar-refractivity contribution in [1.82, 2.24) is 9.97 Å². The van der Waals surface area contributed by atoms with Gasteiger partial charge in [0, 0.05) is 18.3 Å². The Labute approximate surface area is 183 Å². The number of hydrogen-bond acceptors (Lipinski definition) is 6. The molecule has 1 heterocycles. The maximum Gasteiger partial charge on any atom is 0.263 e. The van der Waals surface area contributed by atoms with Gasteiger partial charge in [-0.1, -0.05) is 12.1 Å². The van der Waals surface area contributed by atoms with Gasteiger partial charge in [0.1, 0.15) is 5.82 Å². The van der Waals surface area contributed by atoms with Crippen LogP contribution < -0.4 is 15.4 Å². The first-order valence-electron chi connectivity index (χ1n) is 9.50. The molecule has 4 aromatic rings. The highest BCUT2D eigenvalue weighted by molar-refractivity contribution is 7.92. The number of benzene rings is 3. The fourth-order valence-electron chi connectivity index (χ4n) is 2.94. The van der Waals surface area contributed by atoms with E-state index in [9.17, 15) is 17.6 Å². The van der Waals surface area contributed by atoms with Crippen LogP contribution in [-0.2, 0) is 14.8 Å². The second-order valence-corrected chi connectivity index (χ2v) is 8.53. The van der Waals surface area contributed by atoms with E-state index in [1.807, 2.05) is 0 Å². The molecule has 0 saturated carbocycles. The Morgan fingerprint density at radius 2 is 1.38 bits per heavy atom. The third-order valence-corrected chi connectivity index (χ3v) is 5.75. The van der Waals surface area contributed by atoms with Crippen molar-refractivity contribution < 1.29 is 17.6 Å². The van der Waals surface area contributed by atoms with Crippen molar-refractivity contribution in [3.8, 4) is 0 Å². The number of amides is 1. The number of para-hydroxylation sites is 2. The highest BCUT2D eigenvalue weighted by Crippen LogP contribution is 2.27. The zero-order chi connectivity index (χ0) is 22.7. The van der Waals surface area contributed by atoms with Crippen LogP contribution in [0, 0.1) is 5.82 Å².